The van der Waals surface area contributed by atoms with E-state index in [4.69, 9.17) is 21.1 Å². The minimum Gasteiger partial charge on any atom is -0.495 e. The van der Waals surface area contributed by atoms with Crippen molar-refractivity contribution in [3.63, 3.8) is 0 Å². The number of ether oxygens (including phenoxy) is 2. The second-order valence-corrected chi connectivity index (χ2v) is 7.92. The van der Waals surface area contributed by atoms with Gasteiger partial charge in [0.15, 0.2) is 0 Å². The number of halogens is 1. The van der Waals surface area contributed by atoms with Crippen molar-refractivity contribution in [1.29, 1.82) is 0 Å². The molecule has 9 nitrogen and oxygen atoms in total. The van der Waals surface area contributed by atoms with E-state index < -0.39 is 0 Å². The second-order valence-electron chi connectivity index (χ2n) is 7.48. The van der Waals surface area contributed by atoms with Gasteiger partial charge < -0.3 is 29.5 Å². The zero-order valence-corrected chi connectivity index (χ0v) is 18.6. The molecule has 1 aromatic heterocycles. The van der Waals surface area contributed by atoms with Crippen molar-refractivity contribution in [3.05, 3.63) is 35.1 Å². The van der Waals surface area contributed by atoms with Crippen molar-refractivity contribution in [1.82, 2.24) is 14.9 Å². The van der Waals surface area contributed by atoms with Gasteiger partial charge in [-0.3, -0.25) is 0 Å². The summed E-state index contributed by atoms with van der Waals surface area (Å²) in [7, 11) is 1.56. The third-order valence-electron chi connectivity index (χ3n) is 5.44. The second kappa shape index (κ2) is 9.57. The summed E-state index contributed by atoms with van der Waals surface area (Å²) < 4.78 is 10.8. The first-order chi connectivity index (χ1) is 15.0. The van der Waals surface area contributed by atoms with Gasteiger partial charge in [0.1, 0.15) is 23.2 Å². The molecule has 4 rings (SSSR count). The molecule has 2 aliphatic heterocycles. The van der Waals surface area contributed by atoms with E-state index in [2.05, 4.69) is 25.1 Å². The number of nitrogens with zero attached hydrogens (tertiary/aromatic N) is 5. The number of aromatic nitrogens is 2. The van der Waals surface area contributed by atoms with E-state index in [1.54, 1.807) is 30.2 Å². The smallest absolute Gasteiger partial charge is 0.322 e. The van der Waals surface area contributed by atoms with E-state index in [-0.39, 0.29) is 6.03 Å². The Kier molecular flexibility index (Phi) is 6.62. The van der Waals surface area contributed by atoms with Crippen LogP contribution in [0.2, 0.25) is 5.02 Å². The predicted octanol–water partition coefficient (Wildman–Crippen LogP) is 2.64. The molecule has 1 aromatic carbocycles. The number of rotatable bonds is 4. The number of hydrogen-bond acceptors (Lipinski definition) is 7. The third kappa shape index (κ3) is 5.11. The minimum absolute atomic E-state index is 0.173. The average Bonchev–Trinajstić information content (AvgIpc) is 2.79. The van der Waals surface area contributed by atoms with Crippen molar-refractivity contribution < 1.29 is 14.3 Å². The van der Waals surface area contributed by atoms with Gasteiger partial charge in [-0.25, -0.2) is 14.8 Å². The lowest BCUT2D eigenvalue weighted by Gasteiger charge is -2.36. The fraction of sp³-hybridized carbons (Fsp3) is 0.476. The molecule has 0 atom stereocenters. The lowest BCUT2D eigenvalue weighted by Crippen LogP contribution is -2.50. The van der Waals surface area contributed by atoms with Crippen LogP contribution in [-0.2, 0) is 4.74 Å². The Balaban J connectivity index is 1.39. The van der Waals surface area contributed by atoms with Gasteiger partial charge in [-0.05, 0) is 25.1 Å². The number of carbonyl (C=O) groups excluding carboxylic acids is 1. The monoisotopic (exact) mass is 446 g/mol. The summed E-state index contributed by atoms with van der Waals surface area (Å²) in [6.45, 7) is 7.56. The molecule has 31 heavy (non-hydrogen) atoms. The molecular weight excluding hydrogens is 420 g/mol. The lowest BCUT2D eigenvalue weighted by atomic mass is 10.3. The summed E-state index contributed by atoms with van der Waals surface area (Å²) in [5.74, 6) is 3.14. The summed E-state index contributed by atoms with van der Waals surface area (Å²) in [5, 5.41) is 3.44. The molecule has 0 saturated carbocycles. The van der Waals surface area contributed by atoms with Crippen LogP contribution in [0.1, 0.15) is 5.82 Å². The highest BCUT2D eigenvalue weighted by Gasteiger charge is 2.24. The topological polar surface area (TPSA) is 83.1 Å². The molecule has 3 heterocycles. The van der Waals surface area contributed by atoms with Crippen molar-refractivity contribution >= 4 is 35.0 Å². The molecule has 2 amide bonds. The van der Waals surface area contributed by atoms with Gasteiger partial charge in [0.2, 0.25) is 0 Å². The number of nitrogens with one attached hydrogen (secondary N) is 1. The maximum Gasteiger partial charge on any atom is 0.322 e. The van der Waals surface area contributed by atoms with E-state index in [0.29, 0.717) is 55.9 Å². The number of amides is 2. The summed E-state index contributed by atoms with van der Waals surface area (Å²) >= 11 is 6.06. The molecule has 0 unspecified atom stereocenters. The first-order valence-corrected chi connectivity index (χ1v) is 10.7. The van der Waals surface area contributed by atoms with E-state index in [0.717, 1.165) is 30.5 Å². The van der Waals surface area contributed by atoms with Crippen molar-refractivity contribution in [3.8, 4) is 5.75 Å². The summed E-state index contributed by atoms with van der Waals surface area (Å²) in [6, 6.07) is 7.01. The number of hydrogen-bond donors (Lipinski definition) is 1. The average molecular weight is 447 g/mol. The van der Waals surface area contributed by atoms with Crippen LogP contribution in [0.15, 0.2) is 24.3 Å². The van der Waals surface area contributed by atoms with Gasteiger partial charge in [-0.2, -0.15) is 0 Å². The quantitative estimate of drug-likeness (QED) is 0.772. The molecule has 10 heteroatoms. The normalized spacial score (nSPS) is 16.9. The Morgan fingerprint density at radius 1 is 1.03 bits per heavy atom. The van der Waals surface area contributed by atoms with Crippen LogP contribution < -0.4 is 19.9 Å². The maximum atomic E-state index is 12.8. The van der Waals surface area contributed by atoms with Crippen LogP contribution >= 0.6 is 11.6 Å². The highest BCUT2D eigenvalue weighted by atomic mass is 35.5. The van der Waals surface area contributed by atoms with E-state index in [1.165, 1.54) is 0 Å². The third-order valence-corrected chi connectivity index (χ3v) is 5.68. The van der Waals surface area contributed by atoms with Crippen LogP contribution in [0, 0.1) is 6.92 Å². The minimum atomic E-state index is -0.173. The summed E-state index contributed by atoms with van der Waals surface area (Å²) in [4.78, 5) is 28.2. The Morgan fingerprint density at radius 2 is 1.68 bits per heavy atom. The van der Waals surface area contributed by atoms with Gasteiger partial charge in [-0.1, -0.05) is 11.6 Å². The Labute approximate surface area is 186 Å². The van der Waals surface area contributed by atoms with Gasteiger partial charge in [0, 0.05) is 50.4 Å². The maximum absolute atomic E-state index is 12.8. The molecule has 0 aliphatic carbocycles. The number of anilines is 3. The number of morpholine rings is 1. The van der Waals surface area contributed by atoms with Gasteiger partial charge in [0.25, 0.3) is 0 Å². The molecule has 0 bridgehead atoms. The van der Waals surface area contributed by atoms with Gasteiger partial charge in [-0.15, -0.1) is 0 Å². The summed E-state index contributed by atoms with van der Waals surface area (Å²) in [5.41, 5.74) is 0.559. The molecule has 166 valence electrons. The number of methoxy groups -OCH3 is 1. The van der Waals surface area contributed by atoms with E-state index in [9.17, 15) is 4.79 Å². The van der Waals surface area contributed by atoms with Crippen LogP contribution in [0.25, 0.3) is 0 Å². The number of benzene rings is 1. The molecule has 2 saturated heterocycles. The van der Waals surface area contributed by atoms with Crippen LogP contribution in [-0.4, -0.2) is 80.5 Å². The van der Waals surface area contributed by atoms with Gasteiger partial charge in [0.05, 0.1) is 26.0 Å². The molecule has 2 fully saturated rings. The summed E-state index contributed by atoms with van der Waals surface area (Å²) in [6.07, 6.45) is 0. The molecule has 0 spiro atoms. The van der Waals surface area contributed by atoms with Crippen molar-refractivity contribution in [2.45, 2.75) is 6.92 Å². The molecule has 2 aliphatic rings. The fourth-order valence-electron chi connectivity index (χ4n) is 3.76. The zero-order valence-electron chi connectivity index (χ0n) is 17.8. The molecule has 2 aromatic rings. The largest absolute Gasteiger partial charge is 0.495 e. The number of carbonyl (C=O) groups is 1. The first kappa shape index (κ1) is 21.5. The Bertz CT molecular complexity index is 929. The van der Waals surface area contributed by atoms with Crippen LogP contribution in [0.4, 0.5) is 22.1 Å². The highest BCUT2D eigenvalue weighted by molar-refractivity contribution is 6.31. The van der Waals surface area contributed by atoms with Crippen LogP contribution in [0.5, 0.6) is 5.75 Å². The molecular formula is C21H27ClN6O3. The van der Waals surface area contributed by atoms with Gasteiger partial charge >= 0.3 is 6.03 Å². The number of aryl methyl sites for hydroxylation is 1. The predicted molar refractivity (Wildman–Crippen MR) is 121 cm³/mol. The van der Waals surface area contributed by atoms with Crippen molar-refractivity contribution in [2.75, 3.05) is 74.7 Å². The SMILES string of the molecule is COc1ccc(Cl)cc1NC(=O)N1CCN(c2cc(N3CCOCC3)nc(C)n2)CC1. The van der Waals surface area contributed by atoms with Crippen molar-refractivity contribution in [2.24, 2.45) is 0 Å². The van der Waals surface area contributed by atoms with Crippen LogP contribution in [0.3, 0.4) is 0 Å². The molecule has 0 radical (unpaired) electrons. The highest BCUT2D eigenvalue weighted by Crippen LogP contribution is 2.28. The Hall–Kier alpha value is -2.78. The fourth-order valence-corrected chi connectivity index (χ4v) is 3.94. The lowest BCUT2D eigenvalue weighted by molar-refractivity contribution is 0.122. The number of piperazine rings is 1. The first-order valence-electron chi connectivity index (χ1n) is 10.4. The van der Waals surface area contributed by atoms with E-state index >= 15 is 0 Å². The molecule has 1 N–H and O–H groups in total. The number of urea groups is 1. The van der Waals surface area contributed by atoms with E-state index in [1.807, 2.05) is 13.0 Å². The standard InChI is InChI=1S/C21H27ClN6O3/c1-15-23-19(14-20(24-15)27-9-11-31-12-10-27)26-5-7-28(8-6-26)21(29)25-17-13-16(22)3-4-18(17)30-2/h3-4,13-14H,5-12H2,1-2H3,(H,25,29). The Morgan fingerprint density at radius 3 is 2.32 bits per heavy atom. The zero-order chi connectivity index (χ0) is 21.8.